The normalized spacial score (nSPS) is 14.1. The molecule has 0 aromatic heterocycles. The molecule has 1 rings (SSSR count). The first-order chi connectivity index (χ1) is 53.1. The van der Waals surface area contributed by atoms with Crippen molar-refractivity contribution in [2.45, 2.75) is 368 Å². The van der Waals surface area contributed by atoms with E-state index in [0.29, 0.717) is 154 Å². The lowest BCUT2D eigenvalue weighted by molar-refractivity contribution is -0.128. The van der Waals surface area contributed by atoms with E-state index in [2.05, 4.69) is 212 Å². The van der Waals surface area contributed by atoms with Crippen molar-refractivity contribution in [3.63, 3.8) is 0 Å². The largest absolute Gasteiger partial charge is 0.396 e. The first-order valence-electron chi connectivity index (χ1n) is 45.5. The average Bonchev–Trinajstić information content (AvgIpc) is 1.73. The minimum absolute atomic E-state index is 0.0165. The van der Waals surface area contributed by atoms with Gasteiger partial charge in [-0.25, -0.2) is 0 Å². The lowest BCUT2D eigenvalue weighted by atomic mass is 9.87. The molecule has 1 saturated carbocycles. The van der Waals surface area contributed by atoms with E-state index in [0.717, 1.165) is 109 Å². The lowest BCUT2D eigenvalue weighted by Crippen LogP contribution is -2.42. The van der Waals surface area contributed by atoms with Crippen molar-refractivity contribution in [1.29, 1.82) is 0 Å². The number of aliphatic hydroxyl groups excluding tert-OH is 3. The molecular formula is C93H194N8O13. The van der Waals surface area contributed by atoms with Gasteiger partial charge < -0.3 is 68.9 Å². The topological polar surface area (TPSA) is 362 Å². The molecule has 0 aromatic carbocycles. The molecule has 0 bridgehead atoms. The number of ketones is 2. The van der Waals surface area contributed by atoms with Gasteiger partial charge in [0.05, 0.1) is 24.4 Å². The Bertz CT molecular complexity index is 2070. The summed E-state index contributed by atoms with van der Waals surface area (Å²) in [5.41, 5.74) is 8.96. The van der Waals surface area contributed by atoms with Gasteiger partial charge >= 0.3 is 0 Å². The third-order valence-corrected chi connectivity index (χ3v) is 20.4. The van der Waals surface area contributed by atoms with Crippen LogP contribution in [0.25, 0.3) is 0 Å². The number of rotatable bonds is 50. The van der Waals surface area contributed by atoms with Crippen molar-refractivity contribution in [2.24, 2.45) is 124 Å². The molecule has 0 unspecified atom stereocenters. The maximum absolute atomic E-state index is 11.8. The highest BCUT2D eigenvalue weighted by Gasteiger charge is 2.29. The molecule has 9 atom stereocenters. The van der Waals surface area contributed by atoms with E-state index in [-0.39, 0.29) is 84.2 Å². The second-order valence-corrected chi connectivity index (χ2v) is 35.9. The van der Waals surface area contributed by atoms with Crippen LogP contribution in [0.5, 0.6) is 0 Å². The van der Waals surface area contributed by atoms with Gasteiger partial charge in [-0.1, -0.05) is 258 Å². The van der Waals surface area contributed by atoms with Crippen LogP contribution in [0.4, 0.5) is 0 Å². The molecule has 15 N–H and O–H groups in total. The Morgan fingerprint density at radius 1 is 0.316 bits per heavy atom. The standard InChI is InChI=1S/2C12H25NO2.2C10H22N2O.2C10H21NO2.2C10H20O.C9H18O/c2*1-6-7-10(9(2)3)11(14)13-8-12(4,5)15;2*1-4-5-9(8(2)3)10(13)12-7-6-11;2*1-4-5-9(8(2)3)10(13)11-6-7-12;2*1-5-7-9(8(3)4)10(11)6-2;1-7(2)9(6-10)5-8-3-4-8/h2*9-10,15H,6-8H2,1-5H3,(H,13,14);2*8-9H,4-7,11H2,1-3H3,(H,12,13);2*8-9,12H,4-7H2,1-3H3,(H,11,13);2*8-9H,5-7H2,1-4H3;7-10H,3-6H2,1-2H3/t2*10-;7*9-/m101010101/s1. The number of nitrogens with one attached hydrogen (secondary N) is 6. The summed E-state index contributed by atoms with van der Waals surface area (Å²) in [7, 11) is 0. The molecule has 1 aliphatic rings. The van der Waals surface area contributed by atoms with Gasteiger partial charge in [-0.15, -0.1) is 0 Å². The van der Waals surface area contributed by atoms with Gasteiger partial charge in [0.25, 0.3) is 0 Å². The summed E-state index contributed by atoms with van der Waals surface area (Å²) in [6.45, 7) is 69.2. The van der Waals surface area contributed by atoms with Crippen LogP contribution in [0.2, 0.25) is 0 Å². The Hall–Kier alpha value is -4.12. The van der Waals surface area contributed by atoms with Crippen molar-refractivity contribution in [1.82, 2.24) is 31.9 Å². The SMILES string of the molecule is CC(C)[C@@H](CO)CC1CC1.CCC[C@@H](C(=O)CC)C(C)C.CCC[C@@H](C(=O)NCC(C)(C)O)C(C)C.CCC[C@@H](C(=O)NCCN)C(C)C.CCC[C@@H](C(=O)NCCO)C(C)C.CCC[C@H](C(=O)CC)C(C)C.CCC[C@H](C(=O)NCC(C)(C)O)C(C)C.CCC[C@H](C(=O)NCCN)C(C)C.CCC[C@H](C(=O)NCCO)C(C)C. The maximum Gasteiger partial charge on any atom is 0.223 e. The molecule has 1 aliphatic carbocycles. The first kappa shape index (κ1) is 125. The van der Waals surface area contributed by atoms with Crippen LogP contribution in [0.1, 0.15) is 356 Å². The van der Waals surface area contributed by atoms with Crippen molar-refractivity contribution >= 4 is 47.0 Å². The molecule has 21 heteroatoms. The summed E-state index contributed by atoms with van der Waals surface area (Å²) < 4.78 is 0. The van der Waals surface area contributed by atoms with Crippen LogP contribution in [0, 0.1) is 112 Å². The van der Waals surface area contributed by atoms with E-state index in [4.69, 9.17) is 26.8 Å². The number of nitrogens with two attached hydrogens (primary N) is 2. The summed E-state index contributed by atoms with van der Waals surface area (Å²) in [6.07, 6.45) is 21.6. The number of hydrogen-bond acceptors (Lipinski definition) is 15. The Kier molecular flexibility index (Phi) is 86.7. The fraction of sp³-hybridized carbons (Fsp3) is 0.914. The van der Waals surface area contributed by atoms with E-state index >= 15 is 0 Å². The van der Waals surface area contributed by atoms with Crippen molar-refractivity contribution < 1.29 is 63.9 Å². The van der Waals surface area contributed by atoms with Crippen molar-refractivity contribution in [2.75, 3.05) is 72.2 Å². The van der Waals surface area contributed by atoms with E-state index in [1.54, 1.807) is 27.7 Å². The van der Waals surface area contributed by atoms with Crippen molar-refractivity contribution in [3.05, 3.63) is 0 Å². The van der Waals surface area contributed by atoms with Crippen LogP contribution >= 0.6 is 0 Å². The molecule has 114 heavy (non-hydrogen) atoms. The number of Topliss-reactive ketones (excluding diaryl/α,β-unsaturated/α-hetero) is 2. The van der Waals surface area contributed by atoms with Gasteiger partial charge in [0.2, 0.25) is 35.4 Å². The highest BCUT2D eigenvalue weighted by atomic mass is 16.3. The Morgan fingerprint density at radius 3 is 0.649 bits per heavy atom. The predicted molar refractivity (Wildman–Crippen MR) is 482 cm³/mol. The quantitative estimate of drug-likeness (QED) is 0.0269. The highest BCUT2D eigenvalue weighted by molar-refractivity contribution is 5.82. The zero-order valence-corrected chi connectivity index (χ0v) is 80.3. The monoisotopic (exact) mass is 1630 g/mol. The Morgan fingerprint density at radius 2 is 0.509 bits per heavy atom. The number of amides is 6. The maximum atomic E-state index is 11.8. The summed E-state index contributed by atoms with van der Waals surface area (Å²) in [5.74, 6) is 8.19. The van der Waals surface area contributed by atoms with Gasteiger partial charge in [-0.05, 0) is 151 Å². The third-order valence-electron chi connectivity index (χ3n) is 20.4. The summed E-state index contributed by atoms with van der Waals surface area (Å²) in [5, 5.41) is 61.8. The van der Waals surface area contributed by atoms with Gasteiger partial charge in [0, 0.05) is 119 Å². The second-order valence-electron chi connectivity index (χ2n) is 35.9. The number of carbonyl (C=O) groups is 8. The van der Waals surface area contributed by atoms with E-state index in [1.165, 1.54) is 19.3 Å². The predicted octanol–water partition coefficient (Wildman–Crippen LogP) is 16.6. The van der Waals surface area contributed by atoms with Crippen LogP contribution in [-0.4, -0.2) is 156 Å². The van der Waals surface area contributed by atoms with Crippen LogP contribution < -0.4 is 43.4 Å². The number of carbonyl (C=O) groups excluding carboxylic acids is 8. The third kappa shape index (κ3) is 74.2. The van der Waals surface area contributed by atoms with Gasteiger partial charge in [-0.2, -0.15) is 0 Å². The fourth-order valence-electron chi connectivity index (χ4n) is 12.8. The van der Waals surface area contributed by atoms with E-state index < -0.39 is 11.2 Å². The van der Waals surface area contributed by atoms with Crippen LogP contribution in [-0.2, 0) is 38.4 Å². The average molecular weight is 1630 g/mol. The zero-order valence-electron chi connectivity index (χ0n) is 80.3. The second kappa shape index (κ2) is 78.7. The molecule has 0 radical (unpaired) electrons. The zero-order chi connectivity index (χ0) is 90.5. The molecule has 6 amide bonds. The Labute approximate surface area is 703 Å². The number of aliphatic hydroxyl groups is 5. The first-order valence-corrected chi connectivity index (χ1v) is 45.5. The number of hydrogen-bond donors (Lipinski definition) is 13. The van der Waals surface area contributed by atoms with E-state index in [9.17, 15) is 48.6 Å². The summed E-state index contributed by atoms with van der Waals surface area (Å²) in [6, 6.07) is 0. The molecule has 21 nitrogen and oxygen atoms in total. The molecule has 0 aliphatic heterocycles. The molecule has 0 saturated heterocycles. The van der Waals surface area contributed by atoms with Crippen molar-refractivity contribution in [3.8, 4) is 0 Å². The molecular weight excluding hydrogens is 1440 g/mol. The molecule has 0 heterocycles. The van der Waals surface area contributed by atoms with E-state index in [1.807, 2.05) is 13.8 Å². The summed E-state index contributed by atoms with van der Waals surface area (Å²) >= 11 is 0. The Balaban J connectivity index is -0.000000185. The van der Waals surface area contributed by atoms with Crippen LogP contribution in [0.3, 0.4) is 0 Å². The van der Waals surface area contributed by atoms with Gasteiger partial charge in [-0.3, -0.25) is 38.4 Å². The summed E-state index contributed by atoms with van der Waals surface area (Å²) in [4.78, 5) is 92.4. The highest BCUT2D eigenvalue weighted by Crippen LogP contribution is 2.37. The minimum Gasteiger partial charge on any atom is -0.396 e. The molecule has 684 valence electrons. The van der Waals surface area contributed by atoms with Gasteiger partial charge in [0.1, 0.15) is 11.6 Å². The molecule has 1 fully saturated rings. The molecule has 0 aromatic rings. The minimum atomic E-state index is -0.830. The lowest BCUT2D eigenvalue weighted by Gasteiger charge is -2.23. The smallest absolute Gasteiger partial charge is 0.223 e. The van der Waals surface area contributed by atoms with Gasteiger partial charge in [0.15, 0.2) is 0 Å². The van der Waals surface area contributed by atoms with Crippen LogP contribution in [0.15, 0.2) is 0 Å². The molecule has 0 spiro atoms. The fourth-order valence-corrected chi connectivity index (χ4v) is 12.8.